The van der Waals surface area contributed by atoms with Crippen LogP contribution in [0.15, 0.2) is 18.6 Å². The Morgan fingerprint density at radius 1 is 1.33 bits per heavy atom. The standard InChI is InChI=1S/C20H23N5O2/c26-10-20(8-11-1-2-13(20)5-11)23-19(27)17-15-7-12-6-14(12)18(15)25(24-17)16-9-21-3-4-22-16/h3-4,9,11-14,26H,1-2,5-8,10H2,(H,23,27)/t11?,12-,13?,14-,20?/m0/s1. The minimum absolute atomic E-state index is 0.0121. The molecule has 7 nitrogen and oxygen atoms in total. The van der Waals surface area contributed by atoms with E-state index in [0.717, 1.165) is 36.9 Å². The van der Waals surface area contributed by atoms with E-state index in [1.165, 1.54) is 12.8 Å². The zero-order valence-corrected chi connectivity index (χ0v) is 15.1. The van der Waals surface area contributed by atoms with E-state index in [0.29, 0.717) is 35.2 Å². The van der Waals surface area contributed by atoms with Gasteiger partial charge in [0.25, 0.3) is 5.91 Å². The van der Waals surface area contributed by atoms with Crippen LogP contribution < -0.4 is 5.32 Å². The lowest BCUT2D eigenvalue weighted by molar-refractivity contribution is 0.0705. The molecule has 140 valence electrons. The Kier molecular flexibility index (Phi) is 3.14. The van der Waals surface area contributed by atoms with E-state index in [1.54, 1.807) is 18.6 Å². The van der Waals surface area contributed by atoms with Gasteiger partial charge in [0, 0.05) is 23.9 Å². The largest absolute Gasteiger partial charge is 0.394 e. The molecule has 6 rings (SSSR count). The van der Waals surface area contributed by atoms with Gasteiger partial charge in [-0.15, -0.1) is 0 Å². The van der Waals surface area contributed by atoms with Crippen LogP contribution in [0, 0.1) is 17.8 Å². The molecule has 4 aliphatic carbocycles. The summed E-state index contributed by atoms with van der Waals surface area (Å²) < 4.78 is 1.82. The van der Waals surface area contributed by atoms with E-state index in [2.05, 4.69) is 20.4 Å². The quantitative estimate of drug-likeness (QED) is 0.859. The van der Waals surface area contributed by atoms with Crippen LogP contribution in [0.4, 0.5) is 0 Å². The molecule has 4 aliphatic rings. The molecule has 2 N–H and O–H groups in total. The minimum atomic E-state index is -0.468. The molecule has 27 heavy (non-hydrogen) atoms. The lowest BCUT2D eigenvalue weighted by Gasteiger charge is -2.36. The van der Waals surface area contributed by atoms with Crippen molar-refractivity contribution >= 4 is 5.91 Å². The second-order valence-corrected chi connectivity index (χ2v) is 8.84. The molecule has 3 unspecified atom stereocenters. The predicted octanol–water partition coefficient (Wildman–Crippen LogP) is 1.60. The van der Waals surface area contributed by atoms with Crippen LogP contribution in [-0.4, -0.2) is 42.9 Å². The van der Waals surface area contributed by atoms with Crippen molar-refractivity contribution in [2.24, 2.45) is 17.8 Å². The van der Waals surface area contributed by atoms with Gasteiger partial charge < -0.3 is 10.4 Å². The topological polar surface area (TPSA) is 92.9 Å². The number of carbonyl (C=O) groups excluding carboxylic acids is 1. The number of aromatic nitrogens is 4. The Balaban J connectivity index is 1.37. The number of nitrogens with zero attached hydrogens (tertiary/aromatic N) is 4. The Labute approximate surface area is 157 Å². The second-order valence-electron chi connectivity index (χ2n) is 8.84. The Morgan fingerprint density at radius 2 is 2.26 bits per heavy atom. The van der Waals surface area contributed by atoms with Gasteiger partial charge in [-0.2, -0.15) is 5.10 Å². The number of amides is 1. The van der Waals surface area contributed by atoms with E-state index >= 15 is 0 Å². The summed E-state index contributed by atoms with van der Waals surface area (Å²) in [7, 11) is 0. The molecule has 0 spiro atoms. The highest BCUT2D eigenvalue weighted by Gasteiger charge is 2.53. The maximum absolute atomic E-state index is 13.2. The fraction of sp³-hybridized carbons (Fsp3) is 0.600. The van der Waals surface area contributed by atoms with Crippen LogP contribution in [0.5, 0.6) is 0 Å². The van der Waals surface area contributed by atoms with Gasteiger partial charge in [0.1, 0.15) is 0 Å². The van der Waals surface area contributed by atoms with Crippen LogP contribution >= 0.6 is 0 Å². The second kappa shape index (κ2) is 5.38. The molecular formula is C20H23N5O2. The van der Waals surface area contributed by atoms with Crippen molar-refractivity contribution in [3.8, 4) is 5.82 Å². The fourth-order valence-corrected chi connectivity index (χ4v) is 5.99. The molecule has 0 aliphatic heterocycles. The Bertz CT molecular complexity index is 926. The number of hydrogen-bond acceptors (Lipinski definition) is 5. The van der Waals surface area contributed by atoms with Crippen LogP contribution in [0.25, 0.3) is 5.82 Å². The van der Waals surface area contributed by atoms with Crippen molar-refractivity contribution in [1.29, 1.82) is 0 Å². The van der Waals surface area contributed by atoms with Crippen molar-refractivity contribution in [3.05, 3.63) is 35.5 Å². The zero-order valence-electron chi connectivity index (χ0n) is 15.1. The van der Waals surface area contributed by atoms with Crippen molar-refractivity contribution in [1.82, 2.24) is 25.1 Å². The van der Waals surface area contributed by atoms with Crippen LogP contribution in [0.2, 0.25) is 0 Å². The van der Waals surface area contributed by atoms with E-state index in [9.17, 15) is 9.90 Å². The van der Waals surface area contributed by atoms with E-state index in [-0.39, 0.29) is 12.5 Å². The fourth-order valence-electron chi connectivity index (χ4n) is 5.99. The molecule has 0 radical (unpaired) electrons. The maximum atomic E-state index is 13.2. The van der Waals surface area contributed by atoms with Gasteiger partial charge in [-0.25, -0.2) is 9.67 Å². The third kappa shape index (κ3) is 2.18. The number of hydrogen-bond donors (Lipinski definition) is 2. The summed E-state index contributed by atoms with van der Waals surface area (Å²) in [6, 6.07) is 0. The normalized spacial score (nSPS) is 35.1. The summed E-state index contributed by atoms with van der Waals surface area (Å²) >= 11 is 0. The van der Waals surface area contributed by atoms with Gasteiger partial charge in [0.05, 0.1) is 24.0 Å². The predicted molar refractivity (Wildman–Crippen MR) is 96.4 cm³/mol. The SMILES string of the molecule is O=C(NC1(CO)CC2CCC1C2)c1nn(-c2cnccn2)c2c1C[C@@H]1C[C@H]21. The molecule has 7 heteroatoms. The molecule has 2 aromatic heterocycles. The lowest BCUT2D eigenvalue weighted by Crippen LogP contribution is -2.55. The summed E-state index contributed by atoms with van der Waals surface area (Å²) in [5.74, 6) is 2.68. The number of carbonyl (C=O) groups is 1. The smallest absolute Gasteiger partial charge is 0.272 e. The van der Waals surface area contributed by atoms with Crippen molar-refractivity contribution in [2.75, 3.05) is 6.61 Å². The van der Waals surface area contributed by atoms with Crippen LogP contribution in [0.1, 0.15) is 59.8 Å². The van der Waals surface area contributed by atoms with Gasteiger partial charge in [0.15, 0.2) is 11.5 Å². The van der Waals surface area contributed by atoms with E-state index < -0.39 is 5.54 Å². The van der Waals surface area contributed by atoms with Crippen LogP contribution in [0.3, 0.4) is 0 Å². The zero-order chi connectivity index (χ0) is 18.2. The number of rotatable bonds is 4. The minimum Gasteiger partial charge on any atom is -0.394 e. The highest BCUT2D eigenvalue weighted by atomic mass is 16.3. The molecular weight excluding hydrogens is 342 g/mol. The van der Waals surface area contributed by atoms with Crippen molar-refractivity contribution in [3.63, 3.8) is 0 Å². The van der Waals surface area contributed by atoms with Gasteiger partial charge >= 0.3 is 0 Å². The van der Waals surface area contributed by atoms with E-state index in [4.69, 9.17) is 0 Å². The summed E-state index contributed by atoms with van der Waals surface area (Å²) in [6.07, 6.45) is 11.4. The average Bonchev–Trinajstić information content (AvgIpc) is 3.08. The first-order chi connectivity index (χ1) is 13.2. The third-order valence-corrected chi connectivity index (χ3v) is 7.37. The van der Waals surface area contributed by atoms with Crippen molar-refractivity contribution in [2.45, 2.75) is 50.0 Å². The molecule has 0 aromatic carbocycles. The average molecular weight is 365 g/mol. The van der Waals surface area contributed by atoms with Gasteiger partial charge in [-0.1, -0.05) is 0 Å². The molecule has 5 atom stereocenters. The number of fused-ring (bicyclic) bond motifs is 5. The summed E-state index contributed by atoms with van der Waals surface area (Å²) in [5, 5.41) is 18.0. The van der Waals surface area contributed by atoms with Gasteiger partial charge in [-0.3, -0.25) is 9.78 Å². The lowest BCUT2D eigenvalue weighted by atomic mass is 9.81. The highest BCUT2D eigenvalue weighted by molar-refractivity contribution is 5.95. The molecule has 1 amide bonds. The number of aliphatic hydroxyl groups is 1. The molecule has 0 saturated heterocycles. The summed E-state index contributed by atoms with van der Waals surface area (Å²) in [4.78, 5) is 21.8. The Hall–Kier alpha value is -2.28. The molecule has 2 bridgehead atoms. The summed E-state index contributed by atoms with van der Waals surface area (Å²) in [5.41, 5.74) is 2.25. The molecule has 2 aromatic rings. The Morgan fingerprint density at radius 3 is 2.96 bits per heavy atom. The van der Waals surface area contributed by atoms with Gasteiger partial charge in [-0.05, 0) is 56.3 Å². The first kappa shape index (κ1) is 15.7. The maximum Gasteiger partial charge on any atom is 0.272 e. The van der Waals surface area contributed by atoms with E-state index in [1.807, 2.05) is 4.68 Å². The molecule has 3 fully saturated rings. The van der Waals surface area contributed by atoms with Crippen molar-refractivity contribution < 1.29 is 9.90 Å². The first-order valence-corrected chi connectivity index (χ1v) is 10.00. The number of aliphatic hydroxyl groups excluding tert-OH is 1. The third-order valence-electron chi connectivity index (χ3n) is 7.37. The molecule has 3 saturated carbocycles. The molecule has 2 heterocycles. The van der Waals surface area contributed by atoms with Crippen LogP contribution in [-0.2, 0) is 6.42 Å². The summed E-state index contributed by atoms with van der Waals surface area (Å²) in [6.45, 7) is 0.0121. The van der Waals surface area contributed by atoms with Gasteiger partial charge in [0.2, 0.25) is 0 Å². The number of nitrogens with one attached hydrogen (secondary N) is 1. The first-order valence-electron chi connectivity index (χ1n) is 10.00. The highest BCUT2D eigenvalue weighted by Crippen LogP contribution is 2.57. The monoisotopic (exact) mass is 365 g/mol.